The van der Waals surface area contributed by atoms with Crippen LogP contribution in [0.15, 0.2) is 48.5 Å². The van der Waals surface area contributed by atoms with Crippen LogP contribution in [0, 0.1) is 12.3 Å². The number of aryl methyl sites for hydroxylation is 1. The van der Waals surface area contributed by atoms with Crippen molar-refractivity contribution in [3.63, 3.8) is 0 Å². The summed E-state index contributed by atoms with van der Waals surface area (Å²) in [7, 11) is 0. The maximum absolute atomic E-state index is 12.3. The fourth-order valence-electron chi connectivity index (χ4n) is 3.65. The van der Waals surface area contributed by atoms with Gasteiger partial charge in [0.2, 0.25) is 5.91 Å². The van der Waals surface area contributed by atoms with Crippen LogP contribution in [-0.2, 0) is 4.79 Å². The highest BCUT2D eigenvalue weighted by Gasteiger charge is 2.19. The minimum absolute atomic E-state index is 0.317. The first-order valence-corrected chi connectivity index (χ1v) is 10.5. The van der Waals surface area contributed by atoms with Crippen LogP contribution in [0.25, 0.3) is 5.57 Å². The van der Waals surface area contributed by atoms with Crippen LogP contribution in [0.4, 0.5) is 5.82 Å². The number of pyridine rings is 1. The zero-order valence-electron chi connectivity index (χ0n) is 17.7. The van der Waals surface area contributed by atoms with Crippen molar-refractivity contribution in [2.45, 2.75) is 39.2 Å². The molecule has 158 valence electrons. The number of benzene rings is 1. The van der Waals surface area contributed by atoms with E-state index in [0.717, 1.165) is 30.0 Å². The van der Waals surface area contributed by atoms with E-state index in [4.69, 9.17) is 10.1 Å². The lowest BCUT2D eigenvalue weighted by Gasteiger charge is -2.20. The molecule has 2 heterocycles. The second-order valence-electron chi connectivity index (χ2n) is 7.65. The Morgan fingerprint density at radius 1 is 1.30 bits per heavy atom. The van der Waals surface area contributed by atoms with Crippen molar-refractivity contribution in [2.75, 3.05) is 25.0 Å². The van der Waals surface area contributed by atoms with Crippen molar-refractivity contribution < 1.29 is 9.53 Å². The molecule has 1 amide bonds. The molecular formula is C24H30N4O2. The first-order chi connectivity index (χ1) is 14.5. The average molecular weight is 407 g/mol. The van der Waals surface area contributed by atoms with Gasteiger partial charge in [-0.25, -0.2) is 4.98 Å². The molecule has 30 heavy (non-hydrogen) atoms. The van der Waals surface area contributed by atoms with Gasteiger partial charge in [0.1, 0.15) is 11.6 Å². The number of likely N-dealkylation sites (tertiary alicyclic amines) is 1. The van der Waals surface area contributed by atoms with Crippen molar-refractivity contribution in [2.24, 2.45) is 0 Å². The molecule has 2 aromatic rings. The quantitative estimate of drug-likeness (QED) is 0.369. The Morgan fingerprint density at radius 2 is 2.10 bits per heavy atom. The molecule has 2 N–H and O–H groups in total. The normalized spacial score (nSPS) is 17.0. The van der Waals surface area contributed by atoms with Gasteiger partial charge in [-0.15, -0.1) is 0 Å². The molecule has 0 bridgehead atoms. The lowest BCUT2D eigenvalue weighted by atomic mass is 10.1. The summed E-state index contributed by atoms with van der Waals surface area (Å²) >= 11 is 0. The van der Waals surface area contributed by atoms with Gasteiger partial charge in [-0.1, -0.05) is 18.2 Å². The van der Waals surface area contributed by atoms with E-state index in [1.165, 1.54) is 31.7 Å². The van der Waals surface area contributed by atoms with Crippen molar-refractivity contribution in [3.8, 4) is 5.75 Å². The van der Waals surface area contributed by atoms with Gasteiger partial charge in [0.25, 0.3) is 0 Å². The number of aromatic nitrogens is 1. The van der Waals surface area contributed by atoms with Crippen molar-refractivity contribution >= 4 is 23.5 Å². The van der Waals surface area contributed by atoms with Crippen LogP contribution in [0.3, 0.4) is 0 Å². The Labute approximate surface area is 178 Å². The average Bonchev–Trinajstić information content (AvgIpc) is 3.15. The van der Waals surface area contributed by atoms with E-state index in [1.807, 2.05) is 43.3 Å². The lowest BCUT2D eigenvalue weighted by molar-refractivity contribution is -0.111. The van der Waals surface area contributed by atoms with Gasteiger partial charge in [-0.2, -0.15) is 0 Å². The third-order valence-corrected chi connectivity index (χ3v) is 5.32. The molecule has 1 aromatic heterocycles. The van der Waals surface area contributed by atoms with Crippen LogP contribution < -0.4 is 10.1 Å². The fourth-order valence-corrected chi connectivity index (χ4v) is 3.65. The molecule has 6 nitrogen and oxygen atoms in total. The van der Waals surface area contributed by atoms with E-state index in [2.05, 4.69) is 22.1 Å². The Bertz CT molecular complexity index is 892. The van der Waals surface area contributed by atoms with Gasteiger partial charge >= 0.3 is 0 Å². The topological polar surface area (TPSA) is 78.3 Å². The molecule has 6 heteroatoms. The van der Waals surface area contributed by atoms with Gasteiger partial charge < -0.3 is 20.4 Å². The number of allylic oxidation sites excluding steroid dienone is 1. The van der Waals surface area contributed by atoms with Crippen molar-refractivity contribution in [3.05, 3.63) is 59.8 Å². The second kappa shape index (κ2) is 10.7. The molecule has 0 radical (unpaired) electrons. The third-order valence-electron chi connectivity index (χ3n) is 5.32. The summed E-state index contributed by atoms with van der Waals surface area (Å²) in [5.74, 6) is 0.974. The second-order valence-corrected chi connectivity index (χ2v) is 7.65. The molecule has 1 aromatic carbocycles. The van der Waals surface area contributed by atoms with E-state index in [0.29, 0.717) is 24.0 Å². The Hall–Kier alpha value is -2.99. The zero-order valence-corrected chi connectivity index (χ0v) is 17.7. The fraction of sp³-hybridized carbons (Fsp3) is 0.375. The van der Waals surface area contributed by atoms with Gasteiger partial charge in [-0.05, 0) is 69.5 Å². The number of nitrogens with zero attached hydrogens (tertiary/aromatic N) is 2. The summed E-state index contributed by atoms with van der Waals surface area (Å²) in [4.78, 5) is 19.1. The molecule has 1 aliphatic rings. The molecule has 0 spiro atoms. The summed E-state index contributed by atoms with van der Waals surface area (Å²) < 4.78 is 5.85. The number of rotatable bonds is 9. The van der Waals surface area contributed by atoms with Crippen LogP contribution in [-0.4, -0.2) is 47.7 Å². The monoisotopic (exact) mass is 406 g/mol. The number of carbonyl (C=O) groups excluding carboxylic acids is 1. The van der Waals surface area contributed by atoms with Crippen LogP contribution in [0.1, 0.15) is 37.4 Å². The van der Waals surface area contributed by atoms with Crippen LogP contribution >= 0.6 is 0 Å². The van der Waals surface area contributed by atoms with Gasteiger partial charge in [-0.3, -0.25) is 4.79 Å². The van der Waals surface area contributed by atoms with Crippen molar-refractivity contribution in [1.29, 1.82) is 5.41 Å². The molecule has 1 atom stereocenters. The number of anilines is 1. The number of hydrogen-bond donors (Lipinski definition) is 2. The molecule has 3 rings (SSSR count). The number of nitrogens with one attached hydrogen (secondary N) is 2. The Morgan fingerprint density at radius 3 is 2.77 bits per heavy atom. The van der Waals surface area contributed by atoms with E-state index in [-0.39, 0.29) is 5.91 Å². The largest absolute Gasteiger partial charge is 0.494 e. The van der Waals surface area contributed by atoms with Crippen LogP contribution in [0.2, 0.25) is 0 Å². The van der Waals surface area contributed by atoms with Gasteiger partial charge in [0, 0.05) is 36.1 Å². The van der Waals surface area contributed by atoms with Gasteiger partial charge in [0.05, 0.1) is 6.61 Å². The third kappa shape index (κ3) is 6.26. The highest BCUT2D eigenvalue weighted by Crippen LogP contribution is 2.19. The van der Waals surface area contributed by atoms with E-state index < -0.39 is 0 Å². The maximum atomic E-state index is 12.3. The standard InChI is InChI=1S/C24H30N4O2/c1-18-6-3-8-23(26-18)27-24(29)16-21(17-25)20-9-11-22(12-10-20)30-15-5-14-28-13-4-7-19(28)2/h3,6,8-12,16-17,19,25H,4-5,7,13-15H2,1-2H3,(H,26,27,29)/b21-16+,25-17?/t19-/m1/s1. The Kier molecular flexibility index (Phi) is 7.74. The predicted molar refractivity (Wildman–Crippen MR) is 121 cm³/mol. The molecule has 1 saturated heterocycles. The van der Waals surface area contributed by atoms with Gasteiger partial charge in [0.15, 0.2) is 0 Å². The highest BCUT2D eigenvalue weighted by atomic mass is 16.5. The number of hydrogen-bond acceptors (Lipinski definition) is 5. The summed E-state index contributed by atoms with van der Waals surface area (Å²) in [6.45, 7) is 7.11. The summed E-state index contributed by atoms with van der Waals surface area (Å²) in [6.07, 6.45) is 6.18. The molecule has 1 fully saturated rings. The Balaban J connectivity index is 1.52. The zero-order chi connectivity index (χ0) is 21.3. The molecule has 0 unspecified atom stereocenters. The summed E-state index contributed by atoms with van der Waals surface area (Å²) in [6, 6.07) is 13.6. The minimum atomic E-state index is -0.317. The first kappa shape index (κ1) is 21.7. The molecule has 0 saturated carbocycles. The van der Waals surface area contributed by atoms with Crippen LogP contribution in [0.5, 0.6) is 5.75 Å². The molecule has 1 aliphatic heterocycles. The highest BCUT2D eigenvalue weighted by molar-refractivity contribution is 6.17. The van der Waals surface area contributed by atoms with E-state index in [9.17, 15) is 4.79 Å². The minimum Gasteiger partial charge on any atom is -0.494 e. The maximum Gasteiger partial charge on any atom is 0.250 e. The summed E-state index contributed by atoms with van der Waals surface area (Å²) in [5.41, 5.74) is 2.14. The van der Waals surface area contributed by atoms with E-state index >= 15 is 0 Å². The number of carbonyl (C=O) groups is 1. The molecular weight excluding hydrogens is 376 g/mol. The lowest BCUT2D eigenvalue weighted by Crippen LogP contribution is -2.28. The summed E-state index contributed by atoms with van der Waals surface area (Å²) in [5, 5.41) is 10.4. The van der Waals surface area contributed by atoms with E-state index in [1.54, 1.807) is 6.07 Å². The predicted octanol–water partition coefficient (Wildman–Crippen LogP) is 4.31. The SMILES string of the molecule is Cc1cccc(NC(=O)/C=C(\C=N)c2ccc(OCCCN3CCC[C@H]3C)cc2)n1. The smallest absolute Gasteiger partial charge is 0.250 e. The first-order valence-electron chi connectivity index (χ1n) is 10.5. The number of ether oxygens (including phenoxy) is 1. The molecule has 0 aliphatic carbocycles. The number of amides is 1. The van der Waals surface area contributed by atoms with Crippen molar-refractivity contribution in [1.82, 2.24) is 9.88 Å².